The SMILES string of the molecule is CC(=O)O.CCCc1cc(C(=O)CBr)ccc1O.CCCc1cc(C(=O)c2sc(Nc3ccc(OCCN4CCCC4)cc3)nc2N)ccc1O.CCSC(N)=NC(=S)Nc1ccc(OCCN2CCCC2)cc1.P. The molecule has 0 saturated carbocycles. The smallest absolute Gasteiger partial charge is 0.300 e. The molecular weight excluding hydrogens is 1100 g/mol. The number of nitrogens with two attached hydrogens (primary N) is 2. The van der Waals surface area contributed by atoms with Crippen LogP contribution in [0.25, 0.3) is 0 Å². The number of Topliss-reactive ketones (excluding diaryl/α,β-unsaturated/α-hetero) is 1. The summed E-state index contributed by atoms with van der Waals surface area (Å²) >= 11 is 11.0. The van der Waals surface area contributed by atoms with Crippen LogP contribution in [0.15, 0.2) is 89.9 Å². The zero-order valence-corrected chi connectivity index (χ0v) is 48.9. The van der Waals surface area contributed by atoms with Gasteiger partial charge in [-0.3, -0.25) is 24.2 Å². The van der Waals surface area contributed by atoms with Crippen LogP contribution in [-0.4, -0.2) is 121 Å². The predicted molar refractivity (Wildman–Crippen MR) is 321 cm³/mol. The number of halogens is 1. The number of carbonyl (C=O) groups is 3. The second kappa shape index (κ2) is 35.1. The van der Waals surface area contributed by atoms with Crippen LogP contribution in [0, 0.1) is 0 Å². The molecule has 0 spiro atoms. The number of benzene rings is 4. The molecule has 0 bridgehead atoms. The monoisotopic (exact) mass is 1170 g/mol. The van der Waals surface area contributed by atoms with Gasteiger partial charge in [-0.1, -0.05) is 72.6 Å². The number of thiocarbonyl (C=S) groups is 1. The number of aliphatic imine (C=N–C) groups is 1. The van der Waals surface area contributed by atoms with E-state index in [9.17, 15) is 19.8 Å². The number of carboxylic acids is 1. The Kier molecular flexibility index (Phi) is 29.9. The Morgan fingerprint density at radius 1 is 0.787 bits per heavy atom. The summed E-state index contributed by atoms with van der Waals surface area (Å²) in [6, 6.07) is 25.3. The van der Waals surface area contributed by atoms with E-state index in [1.54, 1.807) is 36.4 Å². The second-order valence-corrected chi connectivity index (χ2v) is 20.3. The van der Waals surface area contributed by atoms with E-state index in [-0.39, 0.29) is 38.8 Å². The predicted octanol–water partition coefficient (Wildman–Crippen LogP) is 10.8. The van der Waals surface area contributed by atoms with Gasteiger partial charge in [-0.05, 0) is 179 Å². The lowest BCUT2D eigenvalue weighted by molar-refractivity contribution is -0.134. The molecular formula is C54H74BrN8O8PS3. The molecule has 1 aromatic heterocycles. The van der Waals surface area contributed by atoms with Crippen molar-refractivity contribution in [3.63, 3.8) is 0 Å². The number of thiazole rings is 1. The van der Waals surface area contributed by atoms with Gasteiger partial charge in [0.2, 0.25) is 5.78 Å². The van der Waals surface area contributed by atoms with Gasteiger partial charge in [0.1, 0.15) is 46.9 Å². The first kappa shape index (κ1) is 63.9. The molecule has 0 amide bonds. The second-order valence-electron chi connectivity index (χ2n) is 17.1. The number of ether oxygens (including phenoxy) is 2. The Morgan fingerprint density at radius 2 is 1.25 bits per heavy atom. The number of hydrogen-bond acceptors (Lipinski definition) is 15. The van der Waals surface area contributed by atoms with Crippen LogP contribution in [0.3, 0.4) is 0 Å². The topological polar surface area (TPSA) is 238 Å². The summed E-state index contributed by atoms with van der Waals surface area (Å²) in [5.41, 5.74) is 16.3. The van der Waals surface area contributed by atoms with E-state index in [2.05, 4.69) is 46.3 Å². The molecule has 0 aliphatic carbocycles. The van der Waals surface area contributed by atoms with Gasteiger partial charge < -0.3 is 46.9 Å². The molecule has 9 N–H and O–H groups in total. The van der Waals surface area contributed by atoms with Crippen molar-refractivity contribution in [1.82, 2.24) is 14.8 Å². The number of carbonyl (C=O) groups excluding carboxylic acids is 2. The molecule has 7 rings (SSSR count). The molecule has 2 aliphatic rings. The van der Waals surface area contributed by atoms with Gasteiger partial charge in [0.25, 0.3) is 5.97 Å². The maximum Gasteiger partial charge on any atom is 0.300 e. The Hall–Kier alpha value is -5.34. The molecule has 75 heavy (non-hydrogen) atoms. The molecule has 3 heterocycles. The number of anilines is 4. The number of nitrogens with one attached hydrogen (secondary N) is 2. The molecule has 408 valence electrons. The van der Waals surface area contributed by atoms with Crippen LogP contribution >= 0.6 is 61.1 Å². The number of carboxylic acid groups (broad SMARTS) is 1. The first-order valence-corrected chi connectivity index (χ1v) is 28.1. The number of aliphatic carboxylic acids is 1. The molecule has 5 aromatic rings. The van der Waals surface area contributed by atoms with E-state index in [0.717, 1.165) is 85.6 Å². The average molecular weight is 1170 g/mol. The van der Waals surface area contributed by atoms with E-state index in [0.29, 0.717) is 49.8 Å². The lowest BCUT2D eigenvalue weighted by atomic mass is 10.0. The fraction of sp³-hybridized carbons (Fsp3) is 0.407. The first-order chi connectivity index (χ1) is 35.6. The highest BCUT2D eigenvalue weighted by molar-refractivity contribution is 9.09. The largest absolute Gasteiger partial charge is 0.508 e. The highest BCUT2D eigenvalue weighted by Gasteiger charge is 2.20. The zero-order chi connectivity index (χ0) is 53.8. The first-order valence-electron chi connectivity index (χ1n) is 24.8. The van der Waals surface area contributed by atoms with E-state index in [1.807, 2.05) is 69.3 Å². The number of aromatic nitrogens is 1. The minimum absolute atomic E-state index is 0. The number of nitrogen functional groups attached to an aromatic ring is 1. The summed E-state index contributed by atoms with van der Waals surface area (Å²) in [6.45, 7) is 15.3. The van der Waals surface area contributed by atoms with Gasteiger partial charge in [-0.2, -0.15) is 14.9 Å². The molecule has 16 nitrogen and oxygen atoms in total. The number of alkyl halides is 1. The Balaban J connectivity index is 0.000000306. The van der Waals surface area contributed by atoms with Crippen LogP contribution in [0.4, 0.5) is 22.3 Å². The lowest BCUT2D eigenvalue weighted by Crippen LogP contribution is -2.25. The number of likely N-dealkylation sites (tertiary alicyclic amines) is 2. The molecule has 4 aromatic carbocycles. The highest BCUT2D eigenvalue weighted by atomic mass is 79.9. The summed E-state index contributed by atoms with van der Waals surface area (Å²) in [5, 5.41) is 34.9. The van der Waals surface area contributed by atoms with Crippen molar-refractivity contribution in [3.8, 4) is 23.0 Å². The maximum atomic E-state index is 13.0. The summed E-state index contributed by atoms with van der Waals surface area (Å²) < 4.78 is 11.6. The molecule has 21 heteroatoms. The van der Waals surface area contributed by atoms with Gasteiger partial charge in [0.15, 0.2) is 21.2 Å². The maximum absolute atomic E-state index is 13.0. The van der Waals surface area contributed by atoms with Gasteiger partial charge in [-0.25, -0.2) is 4.98 Å². The number of amidine groups is 1. The number of nitrogens with zero attached hydrogens (tertiary/aromatic N) is 4. The van der Waals surface area contributed by atoms with Gasteiger partial charge in [-0.15, -0.1) is 0 Å². The minimum atomic E-state index is -0.833. The van der Waals surface area contributed by atoms with Crippen LogP contribution in [0.2, 0.25) is 0 Å². The van der Waals surface area contributed by atoms with Crippen LogP contribution < -0.4 is 31.6 Å². The molecule has 0 radical (unpaired) electrons. The number of hydrogen-bond donors (Lipinski definition) is 7. The highest BCUT2D eigenvalue weighted by Crippen LogP contribution is 2.32. The van der Waals surface area contributed by atoms with Crippen molar-refractivity contribution in [2.45, 2.75) is 79.1 Å². The number of thioether (sulfide) groups is 1. The van der Waals surface area contributed by atoms with Crippen LogP contribution in [0.1, 0.15) is 103 Å². The summed E-state index contributed by atoms with van der Waals surface area (Å²) in [7, 11) is 0. The number of rotatable bonds is 20. The number of phenols is 2. The number of phenolic OH excluding ortho intramolecular Hbond substituents is 2. The van der Waals surface area contributed by atoms with Gasteiger partial charge in [0.05, 0.1) is 5.33 Å². The van der Waals surface area contributed by atoms with E-state index in [1.165, 1.54) is 75.0 Å². The van der Waals surface area contributed by atoms with Crippen molar-refractivity contribution in [3.05, 3.63) is 112 Å². The standard InChI is InChI=1S/C25H30N4O3S.C16H24N4OS2.C11H13BrO2.C2H4O2.H3P/c1-2-5-17-16-18(6-11-21(17)30)22(31)23-24(26)28-25(33-23)27-19-7-9-20(10-8-19)32-15-14-29-12-3-4-13-29;1-2-23-15(17)19-16(22)18-13-5-7-14(8-6-13)21-12-11-20-9-3-4-10-20;1-2-3-8-6-9(11(14)7-12)4-5-10(8)13;1-2(3)4;/h6-11,16,30H,2-5,12-15,26H2,1H3,(H,27,28);5-8H,2-4,9-12H2,1H3,(H3,17,18,19,22);4-6,13H,2-3,7H2,1H3;1H3,(H,3,4);1H3. The third-order valence-corrected chi connectivity index (χ3v) is 13.6. The number of aromatic hydroxyl groups is 2. The number of ketones is 2. The fourth-order valence-electron chi connectivity index (χ4n) is 7.60. The third kappa shape index (κ3) is 23.6. The number of aryl methyl sites for hydroxylation is 2. The van der Waals surface area contributed by atoms with Gasteiger partial charge in [0, 0.05) is 42.5 Å². The van der Waals surface area contributed by atoms with Crippen molar-refractivity contribution in [2.75, 3.05) is 79.9 Å². The third-order valence-electron chi connectivity index (χ3n) is 11.2. The van der Waals surface area contributed by atoms with Crippen LogP contribution in [-0.2, 0) is 17.6 Å². The zero-order valence-electron chi connectivity index (χ0n) is 43.4. The van der Waals surface area contributed by atoms with Gasteiger partial charge >= 0.3 is 0 Å². The summed E-state index contributed by atoms with van der Waals surface area (Å²) in [4.78, 5) is 47.0. The molecule has 2 saturated heterocycles. The summed E-state index contributed by atoms with van der Waals surface area (Å²) in [6.07, 6.45) is 8.52. The van der Waals surface area contributed by atoms with E-state index >= 15 is 0 Å². The Bertz CT molecular complexity index is 2580. The minimum Gasteiger partial charge on any atom is -0.508 e. The molecule has 2 fully saturated rings. The van der Waals surface area contributed by atoms with E-state index in [4.69, 9.17) is 43.1 Å². The molecule has 1 atom stereocenters. The quantitative estimate of drug-likeness (QED) is 0.00958. The lowest BCUT2D eigenvalue weighted by Gasteiger charge is -2.15. The van der Waals surface area contributed by atoms with Crippen molar-refractivity contribution < 1.29 is 39.2 Å². The Labute approximate surface area is 467 Å². The van der Waals surface area contributed by atoms with Crippen molar-refractivity contribution in [1.29, 1.82) is 0 Å². The van der Waals surface area contributed by atoms with Crippen molar-refractivity contribution in [2.24, 2.45) is 10.7 Å². The van der Waals surface area contributed by atoms with Crippen molar-refractivity contribution >= 4 is 111 Å². The molecule has 1 unspecified atom stereocenters. The average Bonchev–Trinajstić information content (AvgIpc) is 4.18. The fourth-order valence-corrected chi connectivity index (χ4v) is 9.52. The normalized spacial score (nSPS) is 13.1. The Morgan fingerprint density at radius 3 is 1.72 bits per heavy atom. The molecule has 2 aliphatic heterocycles. The van der Waals surface area contributed by atoms with Crippen LogP contribution in [0.5, 0.6) is 23.0 Å². The summed E-state index contributed by atoms with van der Waals surface area (Å²) in [5.74, 6) is 2.25. The van der Waals surface area contributed by atoms with E-state index < -0.39 is 5.97 Å².